The van der Waals surface area contributed by atoms with Crippen molar-refractivity contribution in [2.75, 3.05) is 23.3 Å². The third-order valence-corrected chi connectivity index (χ3v) is 3.66. The first-order valence-corrected chi connectivity index (χ1v) is 7.21. The normalized spacial score (nSPS) is 14.8. The first kappa shape index (κ1) is 12.9. The van der Waals surface area contributed by atoms with Crippen LogP contribution >= 0.6 is 0 Å². The van der Waals surface area contributed by atoms with E-state index in [9.17, 15) is 0 Å². The van der Waals surface area contributed by atoms with Gasteiger partial charge in [-0.3, -0.25) is 0 Å². The Bertz CT molecular complexity index is 558. The summed E-state index contributed by atoms with van der Waals surface area (Å²) in [6.07, 6.45) is 2.60. The summed E-state index contributed by atoms with van der Waals surface area (Å²) in [6.45, 7) is 5.87. The lowest BCUT2D eigenvalue weighted by atomic mass is 10.2. The highest BCUT2D eigenvalue weighted by Crippen LogP contribution is 2.21. The highest BCUT2D eigenvalue weighted by atomic mass is 15.6. The van der Waals surface area contributed by atoms with Crippen molar-refractivity contribution in [3.63, 3.8) is 0 Å². The Labute approximate surface area is 118 Å². The van der Waals surface area contributed by atoms with E-state index in [0.717, 1.165) is 19.0 Å². The largest absolute Gasteiger partial charge is 0.372 e. The number of aromatic nitrogens is 4. The van der Waals surface area contributed by atoms with Crippen molar-refractivity contribution in [2.45, 2.75) is 32.9 Å². The molecule has 0 unspecified atom stereocenters. The van der Waals surface area contributed by atoms with E-state index in [1.54, 1.807) is 4.68 Å². The van der Waals surface area contributed by atoms with Crippen molar-refractivity contribution < 1.29 is 0 Å². The standard InChI is InChI=1S/C14H20N6/c1-2-20-14(16-17-18-20)15-11-12-6-5-7-13(10-12)19-8-3-4-9-19/h5-7,10H,2-4,8-9,11H2,1H3,(H,15,16,18). The summed E-state index contributed by atoms with van der Waals surface area (Å²) in [7, 11) is 0. The molecule has 3 rings (SSSR count). The van der Waals surface area contributed by atoms with Crippen LogP contribution in [-0.4, -0.2) is 33.3 Å². The van der Waals surface area contributed by atoms with Gasteiger partial charge in [0.2, 0.25) is 5.95 Å². The van der Waals surface area contributed by atoms with Gasteiger partial charge in [0.15, 0.2) is 0 Å². The van der Waals surface area contributed by atoms with Gasteiger partial charge in [-0.1, -0.05) is 17.2 Å². The number of aryl methyl sites for hydroxylation is 1. The molecule has 6 nitrogen and oxygen atoms in total. The van der Waals surface area contributed by atoms with E-state index in [1.165, 1.54) is 37.2 Å². The Morgan fingerprint density at radius 3 is 2.90 bits per heavy atom. The van der Waals surface area contributed by atoms with Crippen LogP contribution in [0.5, 0.6) is 0 Å². The first-order valence-electron chi connectivity index (χ1n) is 7.21. The van der Waals surface area contributed by atoms with Gasteiger partial charge < -0.3 is 10.2 Å². The van der Waals surface area contributed by atoms with Crippen LogP contribution in [0.1, 0.15) is 25.3 Å². The SMILES string of the molecule is CCn1nnnc1NCc1cccc(N2CCCC2)c1. The van der Waals surface area contributed by atoms with Crippen LogP contribution in [-0.2, 0) is 13.1 Å². The molecule has 1 fully saturated rings. The Morgan fingerprint density at radius 1 is 1.25 bits per heavy atom. The second kappa shape index (κ2) is 5.90. The molecule has 0 spiro atoms. The van der Waals surface area contributed by atoms with Gasteiger partial charge in [0.25, 0.3) is 0 Å². The molecule has 2 heterocycles. The van der Waals surface area contributed by atoms with Crippen LogP contribution in [0.25, 0.3) is 0 Å². The highest BCUT2D eigenvalue weighted by Gasteiger charge is 2.12. The first-order chi connectivity index (χ1) is 9.86. The summed E-state index contributed by atoms with van der Waals surface area (Å²) < 4.78 is 1.75. The van der Waals surface area contributed by atoms with E-state index in [0.29, 0.717) is 0 Å². The van der Waals surface area contributed by atoms with Crippen LogP contribution in [0, 0.1) is 0 Å². The molecule has 0 aliphatic carbocycles. The number of rotatable bonds is 5. The van der Waals surface area contributed by atoms with Gasteiger partial charge in [-0.25, -0.2) is 4.68 Å². The molecule has 0 atom stereocenters. The second-order valence-electron chi connectivity index (χ2n) is 5.04. The van der Waals surface area contributed by atoms with E-state index in [2.05, 4.69) is 50.0 Å². The van der Waals surface area contributed by atoms with Crippen molar-refractivity contribution >= 4 is 11.6 Å². The van der Waals surface area contributed by atoms with Gasteiger partial charge in [0, 0.05) is 31.9 Å². The van der Waals surface area contributed by atoms with Gasteiger partial charge in [-0.15, -0.1) is 0 Å². The summed E-state index contributed by atoms with van der Waals surface area (Å²) in [5.41, 5.74) is 2.57. The zero-order chi connectivity index (χ0) is 13.8. The molecule has 0 radical (unpaired) electrons. The van der Waals surface area contributed by atoms with E-state index in [4.69, 9.17) is 0 Å². The molecule has 20 heavy (non-hydrogen) atoms. The molecule has 1 aromatic carbocycles. The minimum absolute atomic E-state index is 0.721. The van der Waals surface area contributed by atoms with Gasteiger partial charge in [0.05, 0.1) is 0 Å². The summed E-state index contributed by atoms with van der Waals surface area (Å²) in [6, 6.07) is 8.68. The monoisotopic (exact) mass is 272 g/mol. The number of nitrogens with one attached hydrogen (secondary N) is 1. The summed E-state index contributed by atoms with van der Waals surface area (Å²) in [5.74, 6) is 0.721. The van der Waals surface area contributed by atoms with Crippen LogP contribution in [0.15, 0.2) is 24.3 Å². The van der Waals surface area contributed by atoms with Crippen molar-refractivity contribution in [1.82, 2.24) is 20.2 Å². The molecule has 1 aliphatic heterocycles. The minimum atomic E-state index is 0.721. The molecule has 1 aromatic heterocycles. The lowest BCUT2D eigenvalue weighted by Gasteiger charge is -2.18. The van der Waals surface area contributed by atoms with Crippen LogP contribution < -0.4 is 10.2 Å². The van der Waals surface area contributed by atoms with Crippen molar-refractivity contribution in [1.29, 1.82) is 0 Å². The molecule has 0 bridgehead atoms. The number of hydrogen-bond donors (Lipinski definition) is 1. The predicted molar refractivity (Wildman–Crippen MR) is 78.7 cm³/mol. The molecule has 1 aliphatic rings. The average Bonchev–Trinajstić information content (AvgIpc) is 3.16. The van der Waals surface area contributed by atoms with Crippen molar-refractivity contribution in [3.05, 3.63) is 29.8 Å². The molecule has 2 aromatic rings. The third kappa shape index (κ3) is 2.74. The molecule has 106 valence electrons. The zero-order valence-corrected chi connectivity index (χ0v) is 11.8. The lowest BCUT2D eigenvalue weighted by molar-refractivity contribution is 0.629. The molecule has 0 saturated carbocycles. The molecule has 6 heteroatoms. The fraction of sp³-hybridized carbons (Fsp3) is 0.500. The Balaban J connectivity index is 1.67. The molecule has 1 N–H and O–H groups in total. The maximum absolute atomic E-state index is 3.98. The quantitative estimate of drug-likeness (QED) is 0.901. The van der Waals surface area contributed by atoms with Crippen molar-refractivity contribution in [3.8, 4) is 0 Å². The van der Waals surface area contributed by atoms with Crippen LogP contribution in [0.3, 0.4) is 0 Å². The number of anilines is 2. The average molecular weight is 272 g/mol. The zero-order valence-electron chi connectivity index (χ0n) is 11.8. The van der Waals surface area contributed by atoms with Crippen molar-refractivity contribution in [2.24, 2.45) is 0 Å². The van der Waals surface area contributed by atoms with Gasteiger partial charge in [-0.2, -0.15) is 0 Å². The highest BCUT2D eigenvalue weighted by molar-refractivity contribution is 5.49. The lowest BCUT2D eigenvalue weighted by Crippen LogP contribution is -2.17. The Kier molecular flexibility index (Phi) is 3.80. The Morgan fingerprint density at radius 2 is 2.10 bits per heavy atom. The van der Waals surface area contributed by atoms with Crippen LogP contribution in [0.2, 0.25) is 0 Å². The van der Waals surface area contributed by atoms with Gasteiger partial charge in [-0.05, 0) is 47.9 Å². The maximum atomic E-state index is 3.98. The van der Waals surface area contributed by atoms with E-state index < -0.39 is 0 Å². The molecular weight excluding hydrogens is 252 g/mol. The smallest absolute Gasteiger partial charge is 0.243 e. The maximum Gasteiger partial charge on any atom is 0.243 e. The molecular formula is C14H20N6. The van der Waals surface area contributed by atoms with E-state index >= 15 is 0 Å². The predicted octanol–water partition coefficient (Wildman–Crippen LogP) is 1.91. The van der Waals surface area contributed by atoms with E-state index in [-0.39, 0.29) is 0 Å². The Hall–Kier alpha value is -2.11. The topological polar surface area (TPSA) is 58.9 Å². The van der Waals surface area contributed by atoms with Crippen LogP contribution in [0.4, 0.5) is 11.6 Å². The van der Waals surface area contributed by atoms with Gasteiger partial charge in [0.1, 0.15) is 0 Å². The second-order valence-corrected chi connectivity index (χ2v) is 5.04. The summed E-state index contributed by atoms with van der Waals surface area (Å²) in [4.78, 5) is 2.44. The molecule has 0 amide bonds. The number of tetrazole rings is 1. The molecule has 1 saturated heterocycles. The summed E-state index contributed by atoms with van der Waals surface area (Å²) >= 11 is 0. The number of hydrogen-bond acceptors (Lipinski definition) is 5. The number of benzene rings is 1. The summed E-state index contributed by atoms with van der Waals surface area (Å²) in [5, 5.41) is 14.9. The minimum Gasteiger partial charge on any atom is -0.372 e. The fourth-order valence-corrected chi connectivity index (χ4v) is 2.56. The fourth-order valence-electron chi connectivity index (χ4n) is 2.56. The number of nitrogens with zero attached hydrogens (tertiary/aromatic N) is 5. The van der Waals surface area contributed by atoms with E-state index in [1.807, 2.05) is 6.92 Å². The third-order valence-electron chi connectivity index (χ3n) is 3.66. The van der Waals surface area contributed by atoms with Gasteiger partial charge >= 0.3 is 0 Å².